The lowest BCUT2D eigenvalue weighted by atomic mass is 10.2. The molecule has 1 aromatic carbocycles. The van der Waals surface area contributed by atoms with Crippen LogP contribution in [0.2, 0.25) is 0 Å². The topological polar surface area (TPSA) is 60.7 Å². The summed E-state index contributed by atoms with van der Waals surface area (Å²) in [6.45, 7) is 0.808. The maximum absolute atomic E-state index is 8.54. The van der Waals surface area contributed by atoms with Gasteiger partial charge in [-0.2, -0.15) is 10.1 Å². The highest BCUT2D eigenvalue weighted by Gasteiger charge is 1.96. The van der Waals surface area contributed by atoms with E-state index in [0.717, 1.165) is 0 Å². The molecule has 1 rings (SSSR count). The third kappa shape index (κ3) is 4.58. The number of nitriles is 1. The second kappa shape index (κ2) is 6.97. The van der Waals surface area contributed by atoms with Crippen LogP contribution in [0.5, 0.6) is 5.75 Å². The zero-order valence-electron chi connectivity index (χ0n) is 8.30. The van der Waals surface area contributed by atoms with Crippen LogP contribution in [0.1, 0.15) is 5.56 Å². The molecule has 6 heteroatoms. The Morgan fingerprint density at radius 1 is 1.20 bits per heavy atom. The van der Waals surface area contributed by atoms with E-state index in [-0.39, 0.29) is 0 Å². The first-order valence-electron chi connectivity index (χ1n) is 4.32. The Labute approximate surface area is 90.5 Å². The summed E-state index contributed by atoms with van der Waals surface area (Å²) in [5, 5.41) is 13.0. The van der Waals surface area contributed by atoms with Crippen molar-refractivity contribution in [2.75, 3.05) is 13.2 Å². The van der Waals surface area contributed by atoms with Gasteiger partial charge in [0.05, 0.1) is 18.2 Å². The van der Waals surface area contributed by atoms with Crippen molar-refractivity contribution in [3.63, 3.8) is 0 Å². The molecule has 0 saturated carbocycles. The molecule has 5 nitrogen and oxygen atoms in total. The maximum atomic E-state index is 8.54. The van der Waals surface area contributed by atoms with Crippen molar-refractivity contribution in [1.82, 2.24) is 0 Å². The zero-order chi connectivity index (χ0) is 10.9. The van der Waals surface area contributed by atoms with Gasteiger partial charge in [-0.25, -0.2) is 0 Å². The lowest BCUT2D eigenvalue weighted by molar-refractivity contribution is -0.466. The van der Waals surface area contributed by atoms with E-state index in [1.54, 1.807) is 24.3 Å². The second-order valence-electron chi connectivity index (χ2n) is 2.60. The Morgan fingerprint density at radius 2 is 1.93 bits per heavy atom. The van der Waals surface area contributed by atoms with Gasteiger partial charge in [-0.05, 0) is 29.3 Å². The molecule has 0 radical (unpaired) electrons. The number of hydrogen-bond acceptors (Lipinski definition) is 5. The minimum atomic E-state index is 0.319. The second-order valence-corrected chi connectivity index (χ2v) is 3.18. The number of benzene rings is 1. The molecule has 0 atom stereocenters. The molecule has 1 aromatic rings. The van der Waals surface area contributed by atoms with Crippen LogP contribution in [0.15, 0.2) is 24.3 Å². The smallest absolute Gasteiger partial charge is 0.168 e. The number of rotatable bonds is 6. The van der Waals surface area contributed by atoms with Gasteiger partial charge in [0.2, 0.25) is 0 Å². The van der Waals surface area contributed by atoms with Crippen LogP contribution in [-0.4, -0.2) is 23.7 Å². The monoisotopic (exact) mass is 225 g/mol. The molecule has 0 spiro atoms. The van der Waals surface area contributed by atoms with E-state index in [0.29, 0.717) is 35.0 Å². The van der Waals surface area contributed by atoms with E-state index in [1.807, 2.05) is 6.07 Å². The average Bonchev–Trinajstić information content (AvgIpc) is 2.30. The number of hydrogen-bond donors (Lipinski definition) is 0. The SMILES string of the molecule is N#Cc1ccc(OOOCCO[SiH3])cc1. The van der Waals surface area contributed by atoms with Crippen LogP contribution in [0.3, 0.4) is 0 Å². The Bertz CT molecular complexity index is 322. The fraction of sp³-hybridized carbons (Fsp3) is 0.222. The van der Waals surface area contributed by atoms with E-state index < -0.39 is 0 Å². The summed E-state index contributed by atoms with van der Waals surface area (Å²) in [5.41, 5.74) is 0.563. The third-order valence-corrected chi connectivity index (χ3v) is 1.94. The van der Waals surface area contributed by atoms with Crippen molar-refractivity contribution in [2.45, 2.75) is 0 Å². The Morgan fingerprint density at radius 3 is 2.53 bits per heavy atom. The normalized spacial score (nSPS) is 9.80. The lowest BCUT2D eigenvalue weighted by Gasteiger charge is -2.03. The maximum Gasteiger partial charge on any atom is 0.168 e. The largest absolute Gasteiger partial charge is 0.425 e. The van der Waals surface area contributed by atoms with E-state index in [2.05, 4.69) is 9.93 Å². The Hall–Kier alpha value is -1.39. The van der Waals surface area contributed by atoms with Crippen molar-refractivity contribution in [1.29, 1.82) is 5.26 Å². The van der Waals surface area contributed by atoms with Gasteiger partial charge in [-0.15, -0.1) is 0 Å². The molecule has 0 unspecified atom stereocenters. The molecule has 0 bridgehead atoms. The molecule has 0 amide bonds. The summed E-state index contributed by atoms with van der Waals surface area (Å²) in [4.78, 5) is 9.42. The summed E-state index contributed by atoms with van der Waals surface area (Å²) in [7, 11) is 0.675. The quantitative estimate of drug-likeness (QED) is 0.297. The van der Waals surface area contributed by atoms with Gasteiger partial charge in [-0.1, -0.05) is 0 Å². The van der Waals surface area contributed by atoms with Gasteiger partial charge >= 0.3 is 0 Å². The molecule has 80 valence electrons. The Balaban J connectivity index is 2.23. The van der Waals surface area contributed by atoms with Gasteiger partial charge in [0, 0.05) is 0 Å². The van der Waals surface area contributed by atoms with Crippen LogP contribution in [0.4, 0.5) is 0 Å². The first-order chi connectivity index (χ1) is 7.36. The van der Waals surface area contributed by atoms with E-state index in [9.17, 15) is 0 Å². The van der Waals surface area contributed by atoms with Crippen molar-refractivity contribution in [3.05, 3.63) is 29.8 Å². The predicted molar refractivity (Wildman–Crippen MR) is 54.7 cm³/mol. The van der Waals surface area contributed by atoms with Crippen molar-refractivity contribution >= 4 is 10.5 Å². The molecule has 0 aliphatic heterocycles. The fourth-order valence-corrected chi connectivity index (χ4v) is 0.966. The van der Waals surface area contributed by atoms with Crippen LogP contribution in [0.25, 0.3) is 0 Å². The minimum absolute atomic E-state index is 0.319. The van der Waals surface area contributed by atoms with E-state index in [1.165, 1.54) is 0 Å². The highest BCUT2D eigenvalue weighted by atomic mass is 28.2. The summed E-state index contributed by atoms with van der Waals surface area (Å²) in [6.07, 6.45) is 0. The standard InChI is InChI=1S/C9H11NO4Si/c10-7-8-1-3-9(4-2-8)13-14-11-5-6-12-15/h1-4H,5-6H2,15H3. The van der Waals surface area contributed by atoms with Gasteiger partial charge in [-0.3, -0.25) is 0 Å². The third-order valence-electron chi connectivity index (χ3n) is 1.53. The molecule has 0 heterocycles. The molecule has 0 aliphatic carbocycles. The van der Waals surface area contributed by atoms with Gasteiger partial charge in [0.25, 0.3) is 0 Å². The van der Waals surface area contributed by atoms with Crippen LogP contribution in [0, 0.1) is 11.3 Å². The van der Waals surface area contributed by atoms with Crippen LogP contribution >= 0.6 is 0 Å². The van der Waals surface area contributed by atoms with E-state index >= 15 is 0 Å². The lowest BCUT2D eigenvalue weighted by Crippen LogP contribution is -2.05. The number of nitrogens with zero attached hydrogens (tertiary/aromatic N) is 1. The van der Waals surface area contributed by atoms with E-state index in [4.69, 9.17) is 14.6 Å². The molecule has 0 N–H and O–H groups in total. The van der Waals surface area contributed by atoms with Gasteiger partial charge < -0.3 is 9.31 Å². The van der Waals surface area contributed by atoms with Gasteiger partial charge in [0.15, 0.2) is 5.75 Å². The minimum Gasteiger partial charge on any atom is -0.425 e. The highest BCUT2D eigenvalue weighted by Crippen LogP contribution is 2.11. The van der Waals surface area contributed by atoms with Crippen molar-refractivity contribution < 1.29 is 19.2 Å². The van der Waals surface area contributed by atoms with Crippen LogP contribution in [-0.2, 0) is 14.4 Å². The summed E-state index contributed by atoms with van der Waals surface area (Å²) >= 11 is 0. The fourth-order valence-electron chi connectivity index (χ4n) is 0.800. The first kappa shape index (κ1) is 11.7. The van der Waals surface area contributed by atoms with Crippen molar-refractivity contribution in [2.24, 2.45) is 0 Å². The van der Waals surface area contributed by atoms with Gasteiger partial charge in [0.1, 0.15) is 17.1 Å². The molecule has 0 fully saturated rings. The molecule has 0 aromatic heterocycles. The summed E-state index contributed by atoms with van der Waals surface area (Å²) in [6, 6.07) is 8.48. The zero-order valence-corrected chi connectivity index (χ0v) is 10.3. The van der Waals surface area contributed by atoms with Crippen molar-refractivity contribution in [3.8, 4) is 11.8 Å². The molecule has 15 heavy (non-hydrogen) atoms. The molecular weight excluding hydrogens is 214 g/mol. The Kier molecular flexibility index (Phi) is 5.43. The first-order valence-corrected chi connectivity index (χ1v) is 5.13. The van der Waals surface area contributed by atoms with Crippen LogP contribution < -0.4 is 4.89 Å². The predicted octanol–water partition coefficient (Wildman–Crippen LogP) is 0.0973. The summed E-state index contributed by atoms with van der Waals surface area (Å²) < 4.78 is 4.87. The average molecular weight is 225 g/mol. The molecular formula is C9H11NO4Si. The molecule has 0 saturated heterocycles. The molecule has 0 aliphatic rings. The summed E-state index contributed by atoms with van der Waals surface area (Å²) in [5.74, 6) is 0.473. The highest BCUT2D eigenvalue weighted by molar-refractivity contribution is 5.97.